The van der Waals surface area contributed by atoms with Crippen molar-refractivity contribution in [3.8, 4) is 0 Å². The molecule has 0 bridgehead atoms. The highest BCUT2D eigenvalue weighted by molar-refractivity contribution is 5.87. The molecule has 13 heavy (non-hydrogen) atoms. The molecule has 2 aliphatic heterocycles. The van der Waals surface area contributed by atoms with Gasteiger partial charge >= 0.3 is 0 Å². The molecule has 1 atom stereocenters. The van der Waals surface area contributed by atoms with Crippen molar-refractivity contribution in [2.24, 2.45) is 0 Å². The Bertz CT molecular complexity index is 199. The van der Waals surface area contributed by atoms with E-state index in [2.05, 4.69) is 16.0 Å². The van der Waals surface area contributed by atoms with E-state index in [1.807, 2.05) is 0 Å². The summed E-state index contributed by atoms with van der Waals surface area (Å²) < 4.78 is 0. The van der Waals surface area contributed by atoms with Crippen molar-refractivity contribution in [2.75, 3.05) is 26.2 Å². The van der Waals surface area contributed by atoms with Crippen molar-refractivity contribution >= 4 is 5.91 Å². The van der Waals surface area contributed by atoms with E-state index in [0.717, 1.165) is 45.4 Å². The van der Waals surface area contributed by atoms with E-state index in [1.54, 1.807) is 0 Å². The average molecular weight is 183 g/mol. The number of hydrogen-bond acceptors (Lipinski definition) is 3. The minimum absolute atomic E-state index is 0.178. The zero-order chi connectivity index (χ0) is 9.15. The molecule has 1 amide bonds. The third-order valence-corrected chi connectivity index (χ3v) is 2.92. The predicted molar refractivity (Wildman–Crippen MR) is 50.5 cm³/mol. The SMILES string of the molecule is O=C1NCCCNC12CCCNC2. The van der Waals surface area contributed by atoms with Crippen molar-refractivity contribution in [3.05, 3.63) is 0 Å². The van der Waals surface area contributed by atoms with E-state index < -0.39 is 0 Å². The molecule has 2 rings (SSSR count). The highest BCUT2D eigenvalue weighted by atomic mass is 16.2. The Balaban J connectivity index is 2.10. The second kappa shape index (κ2) is 3.64. The topological polar surface area (TPSA) is 53.2 Å². The summed E-state index contributed by atoms with van der Waals surface area (Å²) in [5, 5.41) is 9.62. The number of piperidine rings is 1. The Morgan fingerprint density at radius 3 is 2.85 bits per heavy atom. The van der Waals surface area contributed by atoms with E-state index >= 15 is 0 Å². The van der Waals surface area contributed by atoms with E-state index in [0.29, 0.717) is 0 Å². The molecule has 2 saturated heterocycles. The molecule has 4 nitrogen and oxygen atoms in total. The van der Waals surface area contributed by atoms with Gasteiger partial charge < -0.3 is 16.0 Å². The number of carbonyl (C=O) groups excluding carboxylic acids is 1. The Kier molecular flexibility index (Phi) is 2.51. The molecule has 2 heterocycles. The summed E-state index contributed by atoms with van der Waals surface area (Å²) in [6, 6.07) is 0. The molecule has 1 spiro atoms. The van der Waals surface area contributed by atoms with Gasteiger partial charge in [-0.1, -0.05) is 0 Å². The quantitative estimate of drug-likeness (QED) is 0.462. The smallest absolute Gasteiger partial charge is 0.241 e. The number of hydrogen-bond donors (Lipinski definition) is 3. The minimum Gasteiger partial charge on any atom is -0.354 e. The lowest BCUT2D eigenvalue weighted by Crippen LogP contribution is -2.62. The Morgan fingerprint density at radius 2 is 2.08 bits per heavy atom. The normalized spacial score (nSPS) is 35.5. The highest BCUT2D eigenvalue weighted by Crippen LogP contribution is 2.17. The van der Waals surface area contributed by atoms with Gasteiger partial charge in [0.1, 0.15) is 5.54 Å². The van der Waals surface area contributed by atoms with Gasteiger partial charge in [0.2, 0.25) is 5.91 Å². The zero-order valence-corrected chi connectivity index (χ0v) is 7.86. The summed E-state index contributed by atoms with van der Waals surface area (Å²) >= 11 is 0. The Labute approximate surface area is 78.5 Å². The van der Waals surface area contributed by atoms with Gasteiger partial charge in [-0.2, -0.15) is 0 Å². The van der Waals surface area contributed by atoms with Crippen LogP contribution in [0.1, 0.15) is 19.3 Å². The van der Waals surface area contributed by atoms with Crippen LogP contribution in [-0.2, 0) is 4.79 Å². The minimum atomic E-state index is -0.311. The Hall–Kier alpha value is -0.610. The summed E-state index contributed by atoms with van der Waals surface area (Å²) in [6.07, 6.45) is 3.08. The molecule has 3 N–H and O–H groups in total. The van der Waals surface area contributed by atoms with Gasteiger partial charge in [-0.3, -0.25) is 4.79 Å². The molecule has 1 unspecified atom stereocenters. The molecule has 0 aromatic carbocycles. The van der Waals surface area contributed by atoms with Crippen LogP contribution >= 0.6 is 0 Å². The molecule has 0 aromatic heterocycles. The fourth-order valence-corrected chi connectivity index (χ4v) is 2.12. The maximum atomic E-state index is 11.8. The van der Waals surface area contributed by atoms with Crippen molar-refractivity contribution in [1.29, 1.82) is 0 Å². The number of carbonyl (C=O) groups is 1. The van der Waals surface area contributed by atoms with Crippen molar-refractivity contribution in [1.82, 2.24) is 16.0 Å². The number of amides is 1. The zero-order valence-electron chi connectivity index (χ0n) is 7.86. The van der Waals surface area contributed by atoms with Gasteiger partial charge in [0.15, 0.2) is 0 Å². The molecule has 0 aromatic rings. The second-order valence-corrected chi connectivity index (χ2v) is 3.90. The molecule has 2 aliphatic rings. The number of nitrogens with one attached hydrogen (secondary N) is 3. The van der Waals surface area contributed by atoms with Gasteiger partial charge in [0.25, 0.3) is 0 Å². The third kappa shape index (κ3) is 1.69. The fraction of sp³-hybridized carbons (Fsp3) is 0.889. The number of rotatable bonds is 0. The van der Waals surface area contributed by atoms with Gasteiger partial charge in [-0.15, -0.1) is 0 Å². The van der Waals surface area contributed by atoms with Gasteiger partial charge in [-0.25, -0.2) is 0 Å². The van der Waals surface area contributed by atoms with Crippen LogP contribution in [0.2, 0.25) is 0 Å². The molecule has 4 heteroatoms. The standard InChI is InChI=1S/C9H17N3O/c13-8-9(3-1-4-10-7-9)12-6-2-5-11-8/h10,12H,1-7H2,(H,11,13). The lowest BCUT2D eigenvalue weighted by Gasteiger charge is -2.35. The van der Waals surface area contributed by atoms with E-state index in [9.17, 15) is 4.79 Å². The summed E-state index contributed by atoms with van der Waals surface area (Å²) in [5.41, 5.74) is -0.311. The van der Waals surface area contributed by atoms with E-state index in [-0.39, 0.29) is 11.4 Å². The molecule has 74 valence electrons. The molecule has 0 radical (unpaired) electrons. The summed E-state index contributed by atoms with van der Waals surface area (Å²) in [7, 11) is 0. The van der Waals surface area contributed by atoms with Gasteiger partial charge in [-0.05, 0) is 32.4 Å². The lowest BCUT2D eigenvalue weighted by molar-refractivity contribution is -0.127. The van der Waals surface area contributed by atoms with Crippen molar-refractivity contribution < 1.29 is 4.79 Å². The van der Waals surface area contributed by atoms with Gasteiger partial charge in [0.05, 0.1) is 0 Å². The lowest BCUT2D eigenvalue weighted by atomic mass is 9.89. The monoisotopic (exact) mass is 183 g/mol. The van der Waals surface area contributed by atoms with Crippen LogP contribution in [-0.4, -0.2) is 37.6 Å². The predicted octanol–water partition coefficient (Wildman–Crippen LogP) is -0.782. The van der Waals surface area contributed by atoms with Crippen LogP contribution in [0.15, 0.2) is 0 Å². The first kappa shape index (κ1) is 8.97. The van der Waals surface area contributed by atoms with E-state index in [4.69, 9.17) is 0 Å². The largest absolute Gasteiger partial charge is 0.354 e. The van der Waals surface area contributed by atoms with E-state index in [1.165, 1.54) is 0 Å². The maximum Gasteiger partial charge on any atom is 0.241 e. The van der Waals surface area contributed by atoms with Crippen LogP contribution in [0.5, 0.6) is 0 Å². The Morgan fingerprint density at radius 1 is 1.15 bits per heavy atom. The van der Waals surface area contributed by atoms with Crippen molar-refractivity contribution in [3.63, 3.8) is 0 Å². The third-order valence-electron chi connectivity index (χ3n) is 2.92. The summed E-state index contributed by atoms with van der Waals surface area (Å²) in [4.78, 5) is 11.8. The van der Waals surface area contributed by atoms with Crippen LogP contribution in [0, 0.1) is 0 Å². The highest BCUT2D eigenvalue weighted by Gasteiger charge is 2.39. The first-order valence-electron chi connectivity index (χ1n) is 5.08. The average Bonchev–Trinajstić information content (AvgIpc) is 2.33. The van der Waals surface area contributed by atoms with Crippen LogP contribution < -0.4 is 16.0 Å². The first-order chi connectivity index (χ1) is 6.33. The van der Waals surface area contributed by atoms with Crippen LogP contribution in [0.25, 0.3) is 0 Å². The second-order valence-electron chi connectivity index (χ2n) is 3.90. The van der Waals surface area contributed by atoms with Crippen molar-refractivity contribution in [2.45, 2.75) is 24.8 Å². The van der Waals surface area contributed by atoms with Gasteiger partial charge in [0, 0.05) is 13.1 Å². The molecular weight excluding hydrogens is 166 g/mol. The molecule has 0 aliphatic carbocycles. The van der Waals surface area contributed by atoms with Crippen LogP contribution in [0.3, 0.4) is 0 Å². The molecular formula is C9H17N3O. The summed E-state index contributed by atoms with van der Waals surface area (Å²) in [5.74, 6) is 0.178. The van der Waals surface area contributed by atoms with Crippen LogP contribution in [0.4, 0.5) is 0 Å². The molecule has 0 saturated carbocycles. The maximum absolute atomic E-state index is 11.8. The fourth-order valence-electron chi connectivity index (χ4n) is 2.12. The molecule has 2 fully saturated rings. The first-order valence-corrected chi connectivity index (χ1v) is 5.08. The summed E-state index contributed by atoms with van der Waals surface area (Å²) in [6.45, 7) is 3.57.